The van der Waals surface area contributed by atoms with Gasteiger partial charge in [-0.05, 0) is 85.5 Å². The molecule has 0 N–H and O–H groups in total. The van der Waals surface area contributed by atoms with Crippen LogP contribution in [0.25, 0.3) is 0 Å². The van der Waals surface area contributed by atoms with Crippen LogP contribution in [0.2, 0.25) is 5.02 Å². The lowest BCUT2D eigenvalue weighted by atomic mass is 9.76. The molecule has 3 aromatic rings. The van der Waals surface area contributed by atoms with E-state index in [1.165, 1.54) is 16.7 Å². The van der Waals surface area contributed by atoms with Crippen molar-refractivity contribution in [2.75, 3.05) is 0 Å². The molecule has 1 atom stereocenters. The summed E-state index contributed by atoms with van der Waals surface area (Å²) in [5, 5.41) is 0.799. The van der Waals surface area contributed by atoms with Crippen LogP contribution >= 0.6 is 11.6 Å². The molecule has 1 nitrogen and oxygen atoms in total. The van der Waals surface area contributed by atoms with Crippen molar-refractivity contribution in [2.24, 2.45) is 0 Å². The largest absolute Gasteiger partial charge is 0.457 e. The molecule has 0 aliphatic rings. The summed E-state index contributed by atoms with van der Waals surface area (Å²) < 4.78 is 6.01. The highest BCUT2D eigenvalue weighted by molar-refractivity contribution is 6.30. The molecule has 28 heavy (non-hydrogen) atoms. The van der Waals surface area contributed by atoms with Crippen LogP contribution in [0, 0.1) is 6.92 Å². The summed E-state index contributed by atoms with van der Waals surface area (Å²) in [4.78, 5) is 0. The van der Waals surface area contributed by atoms with Gasteiger partial charge in [-0.25, -0.2) is 0 Å². The second-order valence-corrected chi connectivity index (χ2v) is 8.27. The van der Waals surface area contributed by atoms with Gasteiger partial charge in [-0.3, -0.25) is 0 Å². The van der Waals surface area contributed by atoms with E-state index >= 15 is 0 Å². The predicted octanol–water partition coefficient (Wildman–Crippen LogP) is 8.13. The molecule has 0 saturated heterocycles. The fourth-order valence-corrected chi connectivity index (χ4v) is 3.69. The molecule has 2 heteroatoms. The molecule has 0 spiro atoms. The number of aryl methyl sites for hydroxylation is 2. The predicted molar refractivity (Wildman–Crippen MR) is 120 cm³/mol. The molecule has 0 aromatic heterocycles. The molecule has 0 aliphatic heterocycles. The van der Waals surface area contributed by atoms with Crippen LogP contribution in [0.15, 0.2) is 72.8 Å². The van der Waals surface area contributed by atoms with Crippen LogP contribution in [-0.4, -0.2) is 0 Å². The van der Waals surface area contributed by atoms with E-state index in [1.54, 1.807) is 0 Å². The number of halogens is 1. The van der Waals surface area contributed by atoms with E-state index in [4.69, 9.17) is 16.3 Å². The van der Waals surface area contributed by atoms with Crippen molar-refractivity contribution in [3.05, 3.63) is 94.5 Å². The number of rotatable bonds is 8. The molecule has 0 heterocycles. The van der Waals surface area contributed by atoms with E-state index in [0.29, 0.717) is 0 Å². The van der Waals surface area contributed by atoms with E-state index in [2.05, 4.69) is 63.2 Å². The van der Waals surface area contributed by atoms with Crippen molar-refractivity contribution in [1.29, 1.82) is 0 Å². The molecular weight excluding hydrogens is 364 g/mol. The lowest BCUT2D eigenvalue weighted by Gasteiger charge is -2.29. The maximum Gasteiger partial charge on any atom is 0.127 e. The molecule has 3 rings (SSSR count). The fraction of sp³-hybridized carbons (Fsp3) is 0.308. The zero-order valence-electron chi connectivity index (χ0n) is 17.0. The third kappa shape index (κ3) is 5.39. The quantitative estimate of drug-likeness (QED) is 0.376. The summed E-state index contributed by atoms with van der Waals surface area (Å²) in [6, 6.07) is 24.9. The lowest BCUT2D eigenvalue weighted by Crippen LogP contribution is -2.21. The Balaban J connectivity index is 1.61. The Morgan fingerprint density at radius 2 is 1.61 bits per heavy atom. The van der Waals surface area contributed by atoms with Crippen molar-refractivity contribution in [2.45, 2.75) is 51.9 Å². The highest BCUT2D eigenvalue weighted by Crippen LogP contribution is 2.34. The SMILES string of the molecule is CCC(C)(CCCc1cccc(Oc2ccc(C)cc2)c1)c1ccc(Cl)cc1. The Morgan fingerprint density at radius 1 is 0.893 bits per heavy atom. The number of hydrogen-bond donors (Lipinski definition) is 0. The first-order valence-corrected chi connectivity index (χ1v) is 10.5. The van der Waals surface area contributed by atoms with Crippen LogP contribution in [0.3, 0.4) is 0 Å². The van der Waals surface area contributed by atoms with Crippen LogP contribution in [0.5, 0.6) is 11.5 Å². The van der Waals surface area contributed by atoms with Crippen molar-refractivity contribution >= 4 is 11.6 Å². The van der Waals surface area contributed by atoms with Gasteiger partial charge in [0.2, 0.25) is 0 Å². The topological polar surface area (TPSA) is 9.23 Å². The minimum atomic E-state index is 0.181. The summed E-state index contributed by atoms with van der Waals surface area (Å²) in [6.07, 6.45) is 4.45. The molecule has 3 aromatic carbocycles. The Labute approximate surface area is 174 Å². The highest BCUT2D eigenvalue weighted by atomic mass is 35.5. The normalized spacial score (nSPS) is 13.1. The van der Waals surface area contributed by atoms with Gasteiger partial charge in [-0.15, -0.1) is 0 Å². The molecule has 0 amide bonds. The smallest absolute Gasteiger partial charge is 0.127 e. The number of benzene rings is 3. The Kier molecular flexibility index (Phi) is 6.80. The van der Waals surface area contributed by atoms with Crippen molar-refractivity contribution in [3.63, 3.8) is 0 Å². The van der Waals surface area contributed by atoms with Gasteiger partial charge in [-0.2, -0.15) is 0 Å². The third-order valence-electron chi connectivity index (χ3n) is 5.67. The summed E-state index contributed by atoms with van der Waals surface area (Å²) in [5.41, 5.74) is 4.11. The van der Waals surface area contributed by atoms with Gasteiger partial charge < -0.3 is 4.74 Å². The average molecular weight is 393 g/mol. The maximum atomic E-state index is 6.06. The molecule has 0 aliphatic carbocycles. The van der Waals surface area contributed by atoms with E-state index < -0.39 is 0 Å². The van der Waals surface area contributed by atoms with Gasteiger partial charge in [0, 0.05) is 5.02 Å². The molecule has 0 bridgehead atoms. The molecule has 0 radical (unpaired) electrons. The first-order valence-electron chi connectivity index (χ1n) is 10.1. The Morgan fingerprint density at radius 3 is 2.29 bits per heavy atom. The zero-order chi connectivity index (χ0) is 20.0. The second kappa shape index (κ2) is 9.30. The van der Waals surface area contributed by atoms with Crippen molar-refractivity contribution < 1.29 is 4.74 Å². The van der Waals surface area contributed by atoms with Gasteiger partial charge in [-0.1, -0.05) is 67.4 Å². The third-order valence-corrected chi connectivity index (χ3v) is 5.92. The van der Waals surface area contributed by atoms with Gasteiger partial charge in [0.25, 0.3) is 0 Å². The van der Waals surface area contributed by atoms with Gasteiger partial charge in [0.15, 0.2) is 0 Å². The van der Waals surface area contributed by atoms with Crippen LogP contribution in [0.1, 0.15) is 49.8 Å². The number of ether oxygens (including phenoxy) is 1. The fourth-order valence-electron chi connectivity index (χ4n) is 3.57. The van der Waals surface area contributed by atoms with Gasteiger partial charge in [0.05, 0.1) is 0 Å². The minimum absolute atomic E-state index is 0.181. The summed E-state index contributed by atoms with van der Waals surface area (Å²) in [5.74, 6) is 1.78. The molecular formula is C26H29ClO. The summed E-state index contributed by atoms with van der Waals surface area (Å²) in [6.45, 7) is 6.70. The number of hydrogen-bond acceptors (Lipinski definition) is 1. The van der Waals surface area contributed by atoms with E-state index in [9.17, 15) is 0 Å². The van der Waals surface area contributed by atoms with Crippen LogP contribution in [-0.2, 0) is 11.8 Å². The van der Waals surface area contributed by atoms with E-state index in [1.807, 2.05) is 30.3 Å². The Hall–Kier alpha value is -2.25. The summed E-state index contributed by atoms with van der Waals surface area (Å²) in [7, 11) is 0. The maximum absolute atomic E-state index is 6.06. The molecule has 0 fully saturated rings. The highest BCUT2D eigenvalue weighted by Gasteiger charge is 2.23. The minimum Gasteiger partial charge on any atom is -0.457 e. The second-order valence-electron chi connectivity index (χ2n) is 7.84. The van der Waals surface area contributed by atoms with E-state index in [0.717, 1.165) is 42.2 Å². The lowest BCUT2D eigenvalue weighted by molar-refractivity contribution is 0.405. The van der Waals surface area contributed by atoms with Crippen molar-refractivity contribution in [1.82, 2.24) is 0 Å². The molecule has 146 valence electrons. The Bertz CT molecular complexity index is 883. The van der Waals surface area contributed by atoms with Gasteiger partial charge in [0.1, 0.15) is 11.5 Å². The van der Waals surface area contributed by atoms with E-state index in [-0.39, 0.29) is 5.41 Å². The first kappa shape index (κ1) is 20.5. The zero-order valence-corrected chi connectivity index (χ0v) is 17.8. The van der Waals surface area contributed by atoms with Crippen LogP contribution < -0.4 is 4.74 Å². The standard InChI is InChI=1S/C26H29ClO/c1-4-26(3,22-12-14-23(27)15-13-22)18-6-8-21-7-5-9-25(19-21)28-24-16-10-20(2)11-17-24/h5,7,9-17,19H,4,6,8,18H2,1-3H3. The average Bonchev–Trinajstić information content (AvgIpc) is 2.70. The van der Waals surface area contributed by atoms with Crippen LogP contribution in [0.4, 0.5) is 0 Å². The van der Waals surface area contributed by atoms with Gasteiger partial charge >= 0.3 is 0 Å². The molecule has 0 saturated carbocycles. The monoisotopic (exact) mass is 392 g/mol. The molecule has 1 unspecified atom stereocenters. The van der Waals surface area contributed by atoms with Crippen molar-refractivity contribution in [3.8, 4) is 11.5 Å². The summed E-state index contributed by atoms with van der Waals surface area (Å²) >= 11 is 6.06. The first-order chi connectivity index (χ1) is 13.5.